The number of aromatic nitrogens is 2. The van der Waals surface area contributed by atoms with Crippen LogP contribution in [0.5, 0.6) is 17.2 Å². The molecule has 0 saturated carbocycles. The SMILES string of the molecule is O=c1[nH]c2ccc(N=Cc3ccc(O)c(O)c3O)cc2[nH]1. The molecule has 0 amide bonds. The maximum atomic E-state index is 11.2. The van der Waals surface area contributed by atoms with E-state index >= 15 is 0 Å². The van der Waals surface area contributed by atoms with Crippen LogP contribution in [-0.4, -0.2) is 31.5 Å². The highest BCUT2D eigenvalue weighted by molar-refractivity contribution is 5.88. The Hall–Kier alpha value is -3.22. The third-order valence-corrected chi connectivity index (χ3v) is 3.01. The fourth-order valence-electron chi connectivity index (χ4n) is 1.93. The summed E-state index contributed by atoms with van der Waals surface area (Å²) in [5.74, 6) is -1.45. The first-order chi connectivity index (χ1) is 10.0. The Kier molecular flexibility index (Phi) is 2.87. The summed E-state index contributed by atoms with van der Waals surface area (Å²) in [5, 5.41) is 28.3. The third-order valence-electron chi connectivity index (χ3n) is 3.01. The van der Waals surface area contributed by atoms with Crippen LogP contribution in [0.2, 0.25) is 0 Å². The second kappa shape index (κ2) is 4.71. The number of nitrogens with zero attached hydrogens (tertiary/aromatic N) is 1. The highest BCUT2D eigenvalue weighted by Crippen LogP contribution is 2.36. The minimum atomic E-state index is -0.593. The lowest BCUT2D eigenvalue weighted by Crippen LogP contribution is -1.99. The number of phenols is 3. The summed E-state index contributed by atoms with van der Waals surface area (Å²) in [6.07, 6.45) is 1.35. The molecule has 0 saturated heterocycles. The van der Waals surface area contributed by atoms with Crippen molar-refractivity contribution in [3.63, 3.8) is 0 Å². The van der Waals surface area contributed by atoms with Crippen molar-refractivity contribution in [1.82, 2.24) is 9.97 Å². The van der Waals surface area contributed by atoms with Gasteiger partial charge < -0.3 is 25.3 Å². The van der Waals surface area contributed by atoms with E-state index in [1.165, 1.54) is 18.3 Å². The van der Waals surface area contributed by atoms with Gasteiger partial charge in [0, 0.05) is 11.8 Å². The molecular weight excluding hydrogens is 274 g/mol. The largest absolute Gasteiger partial charge is 0.504 e. The molecule has 0 bridgehead atoms. The lowest BCUT2D eigenvalue weighted by atomic mass is 10.2. The smallest absolute Gasteiger partial charge is 0.323 e. The van der Waals surface area contributed by atoms with Crippen LogP contribution in [0.3, 0.4) is 0 Å². The predicted octanol–water partition coefficient (Wildman–Crippen LogP) is 1.72. The first kappa shape index (κ1) is 12.8. The lowest BCUT2D eigenvalue weighted by Gasteiger charge is -2.03. The third kappa shape index (κ3) is 2.32. The number of rotatable bonds is 2. The maximum absolute atomic E-state index is 11.2. The molecule has 0 spiro atoms. The summed E-state index contributed by atoms with van der Waals surface area (Å²) in [6.45, 7) is 0. The summed E-state index contributed by atoms with van der Waals surface area (Å²) < 4.78 is 0. The molecule has 0 aliphatic carbocycles. The Labute approximate surface area is 117 Å². The van der Waals surface area contributed by atoms with Gasteiger partial charge >= 0.3 is 5.69 Å². The van der Waals surface area contributed by atoms with Gasteiger partial charge in [-0.05, 0) is 30.3 Å². The van der Waals surface area contributed by atoms with Gasteiger partial charge in [-0.1, -0.05) is 0 Å². The number of imidazole rings is 1. The van der Waals surface area contributed by atoms with Gasteiger partial charge in [0.15, 0.2) is 11.5 Å². The van der Waals surface area contributed by atoms with Gasteiger partial charge in [0.05, 0.1) is 16.7 Å². The molecule has 0 aliphatic rings. The van der Waals surface area contributed by atoms with Gasteiger partial charge in [0.25, 0.3) is 0 Å². The number of aromatic hydroxyl groups is 3. The first-order valence-corrected chi connectivity index (χ1v) is 6.04. The van der Waals surface area contributed by atoms with Crippen LogP contribution in [0.4, 0.5) is 5.69 Å². The van der Waals surface area contributed by atoms with E-state index < -0.39 is 17.2 Å². The number of phenolic OH excluding ortho intramolecular Hbond substituents is 3. The molecule has 0 fully saturated rings. The van der Waals surface area contributed by atoms with Gasteiger partial charge in [-0.3, -0.25) is 4.99 Å². The molecule has 106 valence electrons. The molecule has 0 atom stereocenters. The zero-order valence-corrected chi connectivity index (χ0v) is 10.7. The van der Waals surface area contributed by atoms with E-state index in [-0.39, 0.29) is 11.3 Å². The van der Waals surface area contributed by atoms with E-state index in [0.717, 1.165) is 0 Å². The first-order valence-electron chi connectivity index (χ1n) is 6.04. The summed E-state index contributed by atoms with van der Waals surface area (Å²) in [6, 6.07) is 7.74. The molecule has 1 aromatic heterocycles. The van der Waals surface area contributed by atoms with Crippen molar-refractivity contribution < 1.29 is 15.3 Å². The molecule has 3 aromatic rings. The number of fused-ring (bicyclic) bond motifs is 1. The monoisotopic (exact) mass is 285 g/mol. The van der Waals surface area contributed by atoms with Crippen LogP contribution >= 0.6 is 0 Å². The maximum Gasteiger partial charge on any atom is 0.323 e. The topological polar surface area (TPSA) is 122 Å². The number of aliphatic imine (C=N–C) groups is 1. The second-order valence-electron chi connectivity index (χ2n) is 4.44. The highest BCUT2D eigenvalue weighted by Gasteiger charge is 2.09. The fraction of sp³-hybridized carbons (Fsp3) is 0. The Morgan fingerprint density at radius 2 is 1.71 bits per heavy atom. The molecule has 7 nitrogen and oxygen atoms in total. The number of nitrogens with one attached hydrogen (secondary N) is 2. The van der Waals surface area contributed by atoms with Gasteiger partial charge in [-0.2, -0.15) is 0 Å². The molecule has 0 unspecified atom stereocenters. The van der Waals surface area contributed by atoms with Crippen molar-refractivity contribution in [2.24, 2.45) is 4.99 Å². The number of benzene rings is 2. The van der Waals surface area contributed by atoms with Gasteiger partial charge in [-0.15, -0.1) is 0 Å². The van der Waals surface area contributed by atoms with Crippen LogP contribution in [0.15, 0.2) is 40.1 Å². The van der Waals surface area contributed by atoms with Crippen LogP contribution < -0.4 is 5.69 Å². The van der Waals surface area contributed by atoms with Crippen LogP contribution in [0, 0.1) is 0 Å². The van der Waals surface area contributed by atoms with E-state index in [9.17, 15) is 20.1 Å². The normalized spacial score (nSPS) is 11.4. The summed E-state index contributed by atoms with van der Waals surface area (Å²) in [4.78, 5) is 20.5. The highest BCUT2D eigenvalue weighted by atomic mass is 16.3. The molecule has 1 heterocycles. The van der Waals surface area contributed by atoms with Crippen molar-refractivity contribution >= 4 is 22.9 Å². The van der Waals surface area contributed by atoms with E-state index in [1.54, 1.807) is 18.2 Å². The number of hydrogen-bond donors (Lipinski definition) is 5. The quantitative estimate of drug-likeness (QED) is 0.363. The molecule has 3 rings (SSSR count). The molecule has 0 radical (unpaired) electrons. The molecule has 0 aliphatic heterocycles. The van der Waals surface area contributed by atoms with Crippen LogP contribution in [-0.2, 0) is 0 Å². The molecule has 7 heteroatoms. The summed E-state index contributed by atoms with van der Waals surface area (Å²) in [5.41, 5.74) is 1.81. The Bertz CT molecular complexity index is 908. The fourth-order valence-corrected chi connectivity index (χ4v) is 1.93. The summed E-state index contributed by atoms with van der Waals surface area (Å²) >= 11 is 0. The predicted molar refractivity (Wildman–Crippen MR) is 77.6 cm³/mol. The second-order valence-corrected chi connectivity index (χ2v) is 4.44. The van der Waals surface area contributed by atoms with Crippen molar-refractivity contribution in [2.45, 2.75) is 0 Å². The molecular formula is C14H11N3O4. The Morgan fingerprint density at radius 3 is 2.52 bits per heavy atom. The molecule has 5 N–H and O–H groups in total. The minimum absolute atomic E-state index is 0.257. The standard InChI is InChI=1S/C14H11N3O4/c18-11-4-1-7(12(19)13(11)20)6-15-8-2-3-9-10(5-8)17-14(21)16-9/h1-6,18-20H,(H2,16,17,21). The summed E-state index contributed by atoms with van der Waals surface area (Å²) in [7, 11) is 0. The van der Waals surface area contributed by atoms with Crippen LogP contribution in [0.1, 0.15) is 5.56 Å². The van der Waals surface area contributed by atoms with E-state index in [4.69, 9.17) is 0 Å². The van der Waals surface area contributed by atoms with Crippen molar-refractivity contribution in [1.29, 1.82) is 0 Å². The average molecular weight is 285 g/mol. The van der Waals surface area contributed by atoms with Crippen molar-refractivity contribution in [3.8, 4) is 17.2 Å². The minimum Gasteiger partial charge on any atom is -0.504 e. The van der Waals surface area contributed by atoms with Crippen molar-refractivity contribution in [3.05, 3.63) is 46.4 Å². The van der Waals surface area contributed by atoms with Gasteiger partial charge in [-0.25, -0.2) is 4.79 Å². The lowest BCUT2D eigenvalue weighted by molar-refractivity contribution is 0.367. The van der Waals surface area contributed by atoms with Gasteiger partial charge in [0.2, 0.25) is 5.75 Å². The Morgan fingerprint density at radius 1 is 0.952 bits per heavy atom. The average Bonchev–Trinajstić information content (AvgIpc) is 2.83. The van der Waals surface area contributed by atoms with Crippen molar-refractivity contribution in [2.75, 3.05) is 0 Å². The number of aromatic amines is 2. The zero-order valence-electron chi connectivity index (χ0n) is 10.7. The molecule has 2 aromatic carbocycles. The number of H-pyrrole nitrogens is 2. The number of hydrogen-bond acceptors (Lipinski definition) is 5. The zero-order chi connectivity index (χ0) is 15.0. The van der Waals surface area contributed by atoms with Gasteiger partial charge in [0.1, 0.15) is 0 Å². The van der Waals surface area contributed by atoms with E-state index in [0.29, 0.717) is 16.7 Å². The van der Waals surface area contributed by atoms with Crippen LogP contribution in [0.25, 0.3) is 11.0 Å². The van der Waals surface area contributed by atoms with E-state index in [1.807, 2.05) is 0 Å². The van der Waals surface area contributed by atoms with E-state index in [2.05, 4.69) is 15.0 Å². The molecule has 21 heavy (non-hydrogen) atoms. The Balaban J connectivity index is 1.97.